The molecule has 1 saturated heterocycles. The molecule has 1 aliphatic rings. The van der Waals surface area contributed by atoms with Crippen LogP contribution in [-0.4, -0.2) is 42.1 Å². The molecule has 1 fully saturated rings. The molecule has 0 amide bonds. The molecule has 2 atom stereocenters. The van der Waals surface area contributed by atoms with Crippen LogP contribution in [0.1, 0.15) is 5.56 Å². The summed E-state index contributed by atoms with van der Waals surface area (Å²) in [5.41, 5.74) is 7.24. The van der Waals surface area contributed by atoms with Crippen LogP contribution >= 0.6 is 27.7 Å². The van der Waals surface area contributed by atoms with Gasteiger partial charge in [0.25, 0.3) is 0 Å². The number of likely N-dealkylation sites (N-methyl/N-ethyl adjacent to an activating group) is 1. The van der Waals surface area contributed by atoms with E-state index in [1.807, 2.05) is 17.8 Å². The monoisotopic (exact) mass is 332 g/mol. The van der Waals surface area contributed by atoms with Gasteiger partial charge in [0.2, 0.25) is 0 Å². The lowest BCUT2D eigenvalue weighted by Crippen LogP contribution is -2.51. The number of rotatable bonds is 3. The van der Waals surface area contributed by atoms with E-state index in [9.17, 15) is 4.39 Å². The molecule has 18 heavy (non-hydrogen) atoms. The minimum atomic E-state index is -0.210. The molecule has 1 aromatic carbocycles. The second kappa shape index (κ2) is 6.37. The Morgan fingerprint density at radius 3 is 3.00 bits per heavy atom. The smallest absolute Gasteiger partial charge is 0.124 e. The van der Waals surface area contributed by atoms with Gasteiger partial charge < -0.3 is 10.6 Å². The van der Waals surface area contributed by atoms with Gasteiger partial charge in [0.15, 0.2) is 0 Å². The van der Waals surface area contributed by atoms with Crippen LogP contribution in [0.5, 0.6) is 0 Å². The zero-order chi connectivity index (χ0) is 13.1. The minimum absolute atomic E-state index is 0.0523. The molecule has 1 heterocycles. The molecule has 100 valence electrons. The van der Waals surface area contributed by atoms with Crippen LogP contribution in [0.4, 0.5) is 4.39 Å². The molecule has 0 bridgehead atoms. The first-order valence-corrected chi connectivity index (χ1v) is 7.99. The van der Waals surface area contributed by atoms with E-state index in [-0.39, 0.29) is 11.9 Å². The molecule has 0 aliphatic carbocycles. The van der Waals surface area contributed by atoms with Gasteiger partial charge in [-0.2, -0.15) is 11.8 Å². The molecule has 2 N–H and O–H groups in total. The topological polar surface area (TPSA) is 29.3 Å². The average molecular weight is 333 g/mol. The maximum atomic E-state index is 13.3. The highest BCUT2D eigenvalue weighted by molar-refractivity contribution is 9.10. The first-order valence-electron chi connectivity index (χ1n) is 6.05. The third-order valence-electron chi connectivity index (χ3n) is 3.33. The van der Waals surface area contributed by atoms with E-state index in [4.69, 9.17) is 5.73 Å². The fraction of sp³-hybridized carbons (Fsp3) is 0.538. The zero-order valence-electron chi connectivity index (χ0n) is 10.4. The van der Waals surface area contributed by atoms with Crippen LogP contribution in [0, 0.1) is 5.82 Å². The van der Waals surface area contributed by atoms with E-state index in [1.165, 1.54) is 11.8 Å². The summed E-state index contributed by atoms with van der Waals surface area (Å²) in [5, 5.41) is 0. The van der Waals surface area contributed by atoms with Crippen molar-refractivity contribution in [3.63, 3.8) is 0 Å². The van der Waals surface area contributed by atoms with E-state index in [2.05, 4.69) is 27.9 Å². The molecule has 2 nitrogen and oxygen atoms in total. The Hall–Kier alpha value is -0.100. The molecule has 1 aromatic rings. The first-order chi connectivity index (χ1) is 8.56. The lowest BCUT2D eigenvalue weighted by Gasteiger charge is -2.36. The quantitative estimate of drug-likeness (QED) is 0.922. The Morgan fingerprint density at radius 1 is 1.56 bits per heavy atom. The number of benzene rings is 1. The van der Waals surface area contributed by atoms with Gasteiger partial charge in [-0.1, -0.05) is 15.9 Å². The lowest BCUT2D eigenvalue weighted by atomic mass is 10.00. The van der Waals surface area contributed by atoms with Gasteiger partial charge in [-0.3, -0.25) is 0 Å². The summed E-state index contributed by atoms with van der Waals surface area (Å²) in [4.78, 5) is 2.31. The Morgan fingerprint density at radius 2 is 2.33 bits per heavy atom. The third-order valence-corrected chi connectivity index (χ3v) is 4.84. The largest absolute Gasteiger partial charge is 0.326 e. The van der Waals surface area contributed by atoms with Crippen LogP contribution in [0.3, 0.4) is 0 Å². The SMILES string of the molecule is CN1CCSCC1C(N)Cc1cc(F)cc(Br)c1. The van der Waals surface area contributed by atoms with Crippen LogP contribution in [0.2, 0.25) is 0 Å². The zero-order valence-corrected chi connectivity index (χ0v) is 12.8. The van der Waals surface area contributed by atoms with E-state index in [1.54, 1.807) is 6.07 Å². The predicted molar refractivity (Wildman–Crippen MR) is 79.5 cm³/mol. The highest BCUT2D eigenvalue weighted by Crippen LogP contribution is 2.20. The minimum Gasteiger partial charge on any atom is -0.326 e. The van der Waals surface area contributed by atoms with Crippen molar-refractivity contribution in [1.29, 1.82) is 0 Å². The van der Waals surface area contributed by atoms with E-state index in [0.717, 1.165) is 22.3 Å². The molecular weight excluding hydrogens is 315 g/mol. The van der Waals surface area contributed by atoms with Crippen LogP contribution in [0.15, 0.2) is 22.7 Å². The maximum absolute atomic E-state index is 13.3. The van der Waals surface area contributed by atoms with Gasteiger partial charge in [-0.05, 0) is 37.2 Å². The number of nitrogens with zero attached hydrogens (tertiary/aromatic N) is 1. The highest BCUT2D eigenvalue weighted by Gasteiger charge is 2.25. The normalized spacial score (nSPS) is 23.0. The molecule has 0 saturated carbocycles. The van der Waals surface area contributed by atoms with Crippen molar-refractivity contribution in [2.45, 2.75) is 18.5 Å². The number of hydrogen-bond acceptors (Lipinski definition) is 3. The molecule has 5 heteroatoms. The average Bonchev–Trinajstić information content (AvgIpc) is 2.27. The van der Waals surface area contributed by atoms with Crippen molar-refractivity contribution < 1.29 is 4.39 Å². The van der Waals surface area contributed by atoms with E-state index in [0.29, 0.717) is 12.5 Å². The molecule has 0 aromatic heterocycles. The molecule has 2 rings (SSSR count). The van der Waals surface area contributed by atoms with Gasteiger partial charge in [-0.15, -0.1) is 0 Å². The number of nitrogens with two attached hydrogens (primary N) is 1. The van der Waals surface area contributed by atoms with Crippen molar-refractivity contribution in [1.82, 2.24) is 4.90 Å². The summed E-state index contributed by atoms with van der Waals surface area (Å²) in [5.74, 6) is 2.03. The van der Waals surface area contributed by atoms with Crippen molar-refractivity contribution in [2.75, 3.05) is 25.1 Å². The summed E-state index contributed by atoms with van der Waals surface area (Å²) in [6.45, 7) is 1.08. The third kappa shape index (κ3) is 3.70. The molecule has 1 aliphatic heterocycles. The van der Waals surface area contributed by atoms with Gasteiger partial charge in [0, 0.05) is 34.6 Å². The number of halogens is 2. The molecular formula is C13H18BrFN2S. The van der Waals surface area contributed by atoms with E-state index < -0.39 is 0 Å². The van der Waals surface area contributed by atoms with Crippen LogP contribution in [0.25, 0.3) is 0 Å². The van der Waals surface area contributed by atoms with Crippen LogP contribution in [-0.2, 0) is 6.42 Å². The first kappa shape index (κ1) is 14.3. The molecule has 0 radical (unpaired) electrons. The lowest BCUT2D eigenvalue weighted by molar-refractivity contribution is 0.235. The number of thioether (sulfide) groups is 1. The second-order valence-corrected chi connectivity index (χ2v) is 6.83. The van der Waals surface area contributed by atoms with Crippen molar-refractivity contribution in [3.05, 3.63) is 34.1 Å². The van der Waals surface area contributed by atoms with Gasteiger partial charge >= 0.3 is 0 Å². The molecule has 0 spiro atoms. The van der Waals surface area contributed by atoms with Crippen molar-refractivity contribution in [3.8, 4) is 0 Å². The predicted octanol–water partition coefficient (Wildman–Crippen LogP) is 2.51. The Bertz CT molecular complexity index is 396. The van der Waals surface area contributed by atoms with E-state index >= 15 is 0 Å². The van der Waals surface area contributed by atoms with Crippen molar-refractivity contribution >= 4 is 27.7 Å². The summed E-state index contributed by atoms with van der Waals surface area (Å²) in [7, 11) is 2.12. The molecule has 2 unspecified atom stereocenters. The van der Waals surface area contributed by atoms with Gasteiger partial charge in [-0.25, -0.2) is 4.39 Å². The summed E-state index contributed by atoms with van der Waals surface area (Å²) in [6.07, 6.45) is 0.714. The second-order valence-electron chi connectivity index (χ2n) is 4.77. The summed E-state index contributed by atoms with van der Waals surface area (Å²) in [6, 6.07) is 5.42. The maximum Gasteiger partial charge on any atom is 0.124 e. The summed E-state index contributed by atoms with van der Waals surface area (Å²) < 4.78 is 14.1. The standard InChI is InChI=1S/C13H18BrFN2S/c1-17-2-3-18-8-13(17)12(16)6-9-4-10(14)7-11(15)5-9/h4-5,7,12-13H,2-3,6,8,16H2,1H3. The number of hydrogen-bond donors (Lipinski definition) is 1. The Balaban J connectivity index is 2.03. The van der Waals surface area contributed by atoms with Crippen molar-refractivity contribution in [2.24, 2.45) is 5.73 Å². The highest BCUT2D eigenvalue weighted by atomic mass is 79.9. The Kier molecular flexibility index (Phi) is 5.06. The van der Waals surface area contributed by atoms with Gasteiger partial charge in [0.1, 0.15) is 5.82 Å². The summed E-state index contributed by atoms with van der Waals surface area (Å²) >= 11 is 5.26. The Labute approximate surface area is 120 Å². The fourth-order valence-electron chi connectivity index (χ4n) is 2.29. The van der Waals surface area contributed by atoms with Gasteiger partial charge in [0.05, 0.1) is 0 Å². The van der Waals surface area contributed by atoms with Crippen LogP contribution < -0.4 is 5.73 Å². The fourth-order valence-corrected chi connectivity index (χ4v) is 4.13.